The number of hydrogen-bond donors (Lipinski definition) is 0. The number of fused-ring (bicyclic) bond motifs is 1. The minimum absolute atomic E-state index is 0.0139. The molecule has 1 saturated heterocycles. The lowest BCUT2D eigenvalue weighted by Gasteiger charge is -2.36. The van der Waals surface area contributed by atoms with Crippen molar-refractivity contribution in [1.82, 2.24) is 4.90 Å². The molecule has 1 aliphatic heterocycles. The van der Waals surface area contributed by atoms with Gasteiger partial charge in [0.15, 0.2) is 0 Å². The number of amides is 1. The predicted octanol–water partition coefficient (Wildman–Crippen LogP) is 5.46. The molecular formula is C25H27ClN2O3. The normalized spacial score (nSPS) is 14.9. The number of carbonyl (C=O) groups is 1. The summed E-state index contributed by atoms with van der Waals surface area (Å²) in [6, 6.07) is 9.88. The smallest absolute Gasteiger partial charge is 0.246 e. The average molecular weight is 439 g/mol. The first kappa shape index (κ1) is 21.3. The third-order valence-corrected chi connectivity index (χ3v) is 6.31. The molecule has 2 heterocycles. The number of furan rings is 1. The van der Waals surface area contributed by atoms with E-state index in [2.05, 4.69) is 11.0 Å². The Labute approximate surface area is 187 Å². The van der Waals surface area contributed by atoms with Gasteiger partial charge in [-0.25, -0.2) is 0 Å². The molecule has 6 heteroatoms. The molecule has 0 unspecified atom stereocenters. The molecule has 0 atom stereocenters. The number of halogens is 1. The summed E-state index contributed by atoms with van der Waals surface area (Å²) < 4.78 is 11.4. The van der Waals surface area contributed by atoms with Crippen LogP contribution in [0, 0.1) is 13.8 Å². The Bertz CT molecular complexity index is 1160. The van der Waals surface area contributed by atoms with E-state index in [1.165, 1.54) is 0 Å². The maximum atomic E-state index is 13.0. The van der Waals surface area contributed by atoms with Gasteiger partial charge in [-0.3, -0.25) is 4.79 Å². The van der Waals surface area contributed by atoms with E-state index in [1.54, 1.807) is 19.4 Å². The van der Waals surface area contributed by atoms with Crippen LogP contribution in [0.3, 0.4) is 0 Å². The van der Waals surface area contributed by atoms with Crippen molar-refractivity contribution < 1.29 is 13.9 Å². The zero-order chi connectivity index (χ0) is 22.1. The third kappa shape index (κ3) is 4.02. The van der Waals surface area contributed by atoms with Crippen LogP contribution >= 0.6 is 11.6 Å². The Morgan fingerprint density at radius 2 is 1.87 bits per heavy atom. The first-order valence-electron chi connectivity index (χ1n) is 10.4. The zero-order valence-electron chi connectivity index (χ0n) is 18.4. The second kappa shape index (κ2) is 8.67. The number of allylic oxidation sites excluding steroid dienone is 1. The summed E-state index contributed by atoms with van der Waals surface area (Å²) in [4.78, 5) is 17.1. The van der Waals surface area contributed by atoms with E-state index in [0.717, 1.165) is 62.8 Å². The fraction of sp³-hybridized carbons (Fsp3) is 0.320. The topological polar surface area (TPSA) is 45.9 Å². The van der Waals surface area contributed by atoms with Crippen molar-refractivity contribution in [2.24, 2.45) is 0 Å². The summed E-state index contributed by atoms with van der Waals surface area (Å²) in [5, 5.41) is 1.78. The molecule has 0 spiro atoms. The Balaban J connectivity index is 1.54. The number of hydrogen-bond acceptors (Lipinski definition) is 4. The first-order valence-corrected chi connectivity index (χ1v) is 10.8. The van der Waals surface area contributed by atoms with Crippen LogP contribution in [-0.2, 0) is 4.79 Å². The Hall–Kier alpha value is -2.92. The number of anilines is 1. The van der Waals surface area contributed by atoms with Gasteiger partial charge in [0.1, 0.15) is 11.3 Å². The fourth-order valence-corrected chi connectivity index (χ4v) is 4.48. The number of para-hydroxylation sites is 1. The predicted molar refractivity (Wildman–Crippen MR) is 126 cm³/mol. The lowest BCUT2D eigenvalue weighted by molar-refractivity contribution is -0.126. The van der Waals surface area contributed by atoms with Gasteiger partial charge in [0, 0.05) is 48.8 Å². The SMILES string of the molecule is COc1c(/C(C)=C/C(=O)N2CCN(c3ccccc3Cl)CC2)cc2c(C)coc2c1C. The van der Waals surface area contributed by atoms with Crippen molar-refractivity contribution in [1.29, 1.82) is 0 Å². The van der Waals surface area contributed by atoms with Crippen LogP contribution in [0.4, 0.5) is 5.69 Å². The molecule has 31 heavy (non-hydrogen) atoms. The number of carbonyl (C=O) groups excluding carboxylic acids is 1. The molecule has 5 nitrogen and oxygen atoms in total. The number of aryl methyl sites for hydroxylation is 2. The van der Waals surface area contributed by atoms with E-state index in [-0.39, 0.29) is 5.91 Å². The molecule has 1 aliphatic rings. The van der Waals surface area contributed by atoms with Crippen molar-refractivity contribution in [3.63, 3.8) is 0 Å². The van der Waals surface area contributed by atoms with Crippen molar-refractivity contribution >= 4 is 39.7 Å². The van der Waals surface area contributed by atoms with Crippen molar-refractivity contribution in [3.8, 4) is 5.75 Å². The Kier molecular flexibility index (Phi) is 5.96. The van der Waals surface area contributed by atoms with Crippen molar-refractivity contribution in [2.45, 2.75) is 20.8 Å². The van der Waals surface area contributed by atoms with Crippen LogP contribution in [0.5, 0.6) is 5.75 Å². The number of piperazine rings is 1. The minimum Gasteiger partial charge on any atom is -0.496 e. The van der Waals surface area contributed by atoms with E-state index in [4.69, 9.17) is 20.8 Å². The highest BCUT2D eigenvalue weighted by atomic mass is 35.5. The summed E-state index contributed by atoms with van der Waals surface area (Å²) in [5.41, 5.74) is 5.65. The van der Waals surface area contributed by atoms with Crippen molar-refractivity contribution in [2.75, 3.05) is 38.2 Å². The monoisotopic (exact) mass is 438 g/mol. The van der Waals surface area contributed by atoms with E-state index in [9.17, 15) is 4.79 Å². The number of ether oxygens (including phenoxy) is 1. The molecular weight excluding hydrogens is 412 g/mol. The molecule has 4 rings (SSSR count). The van der Waals surface area contributed by atoms with Crippen molar-refractivity contribution in [3.05, 3.63) is 64.4 Å². The highest BCUT2D eigenvalue weighted by molar-refractivity contribution is 6.33. The minimum atomic E-state index is 0.0139. The summed E-state index contributed by atoms with van der Waals surface area (Å²) in [6.45, 7) is 8.78. The molecule has 0 aliphatic carbocycles. The number of nitrogens with zero attached hydrogens (tertiary/aromatic N) is 2. The number of benzene rings is 2. The van der Waals surface area contributed by atoms with Crippen LogP contribution in [0.15, 0.2) is 47.1 Å². The quantitative estimate of drug-likeness (QED) is 0.507. The highest BCUT2D eigenvalue weighted by Gasteiger charge is 2.22. The zero-order valence-corrected chi connectivity index (χ0v) is 19.1. The van der Waals surface area contributed by atoms with Gasteiger partial charge >= 0.3 is 0 Å². The fourth-order valence-electron chi connectivity index (χ4n) is 4.22. The van der Waals surface area contributed by atoms with Crippen LogP contribution in [0.1, 0.15) is 23.6 Å². The van der Waals surface area contributed by atoms with Crippen LogP contribution < -0.4 is 9.64 Å². The molecule has 0 radical (unpaired) electrons. The average Bonchev–Trinajstić information content (AvgIpc) is 3.15. The number of rotatable bonds is 4. The standard InChI is InChI=1S/C25H27ClN2O3/c1-16(19-14-20-17(2)15-31-25(20)18(3)24(19)30-4)13-23(29)28-11-9-27(10-12-28)22-8-6-5-7-21(22)26/h5-8,13-15H,9-12H2,1-4H3/b16-13+. The lowest BCUT2D eigenvalue weighted by Crippen LogP contribution is -2.48. The van der Waals surface area contributed by atoms with Crippen LogP contribution in [0.2, 0.25) is 5.02 Å². The lowest BCUT2D eigenvalue weighted by atomic mass is 9.98. The maximum absolute atomic E-state index is 13.0. The summed E-state index contributed by atoms with van der Waals surface area (Å²) in [5.74, 6) is 0.756. The van der Waals surface area contributed by atoms with Gasteiger partial charge < -0.3 is 19.0 Å². The second-order valence-electron chi connectivity index (χ2n) is 7.97. The summed E-state index contributed by atoms with van der Waals surface area (Å²) in [7, 11) is 1.65. The van der Waals surface area contributed by atoms with Gasteiger partial charge in [0.05, 0.1) is 24.1 Å². The summed E-state index contributed by atoms with van der Waals surface area (Å²) >= 11 is 6.33. The molecule has 1 fully saturated rings. The van der Waals surface area contributed by atoms with Gasteiger partial charge in [-0.1, -0.05) is 23.7 Å². The van der Waals surface area contributed by atoms with Crippen LogP contribution in [0.25, 0.3) is 16.5 Å². The first-order chi connectivity index (χ1) is 14.9. The highest BCUT2D eigenvalue weighted by Crippen LogP contribution is 2.37. The van der Waals surface area contributed by atoms with Gasteiger partial charge in [0.2, 0.25) is 5.91 Å². The van der Waals surface area contributed by atoms with E-state index in [0.29, 0.717) is 13.1 Å². The molecule has 2 aromatic carbocycles. The Morgan fingerprint density at radius 3 is 2.55 bits per heavy atom. The second-order valence-corrected chi connectivity index (χ2v) is 8.38. The third-order valence-electron chi connectivity index (χ3n) is 5.99. The molecule has 162 valence electrons. The van der Waals surface area contributed by atoms with Gasteiger partial charge in [-0.05, 0) is 50.1 Å². The van der Waals surface area contributed by atoms with Crippen LogP contribution in [-0.4, -0.2) is 44.1 Å². The van der Waals surface area contributed by atoms with E-state index in [1.807, 2.05) is 49.9 Å². The number of methoxy groups -OCH3 is 1. The largest absolute Gasteiger partial charge is 0.496 e. The molecule has 0 bridgehead atoms. The molecule has 3 aromatic rings. The molecule has 1 aromatic heterocycles. The van der Waals surface area contributed by atoms with Gasteiger partial charge in [-0.2, -0.15) is 0 Å². The van der Waals surface area contributed by atoms with Gasteiger partial charge in [-0.15, -0.1) is 0 Å². The van der Waals surface area contributed by atoms with E-state index >= 15 is 0 Å². The van der Waals surface area contributed by atoms with Gasteiger partial charge in [0.25, 0.3) is 0 Å². The van der Waals surface area contributed by atoms with E-state index < -0.39 is 0 Å². The molecule has 1 amide bonds. The Morgan fingerprint density at radius 1 is 1.16 bits per heavy atom. The maximum Gasteiger partial charge on any atom is 0.246 e. The summed E-state index contributed by atoms with van der Waals surface area (Å²) in [6.07, 6.45) is 3.47. The molecule has 0 saturated carbocycles. The molecule has 0 N–H and O–H groups in total.